The molecule has 0 unspecified atom stereocenters. The van der Waals surface area contributed by atoms with Gasteiger partial charge in [0.1, 0.15) is 0 Å². The lowest BCUT2D eigenvalue weighted by Crippen LogP contribution is -2.41. The maximum Gasteiger partial charge on any atom is 0.243 e. The van der Waals surface area contributed by atoms with Gasteiger partial charge in [-0.1, -0.05) is 0 Å². The van der Waals surface area contributed by atoms with Crippen molar-refractivity contribution >= 4 is 28.9 Å². The Labute approximate surface area is 169 Å². The van der Waals surface area contributed by atoms with E-state index in [0.717, 1.165) is 18.8 Å². The van der Waals surface area contributed by atoms with E-state index in [4.69, 9.17) is 10.00 Å². The van der Waals surface area contributed by atoms with Gasteiger partial charge < -0.3 is 20.7 Å². The van der Waals surface area contributed by atoms with E-state index in [9.17, 15) is 9.59 Å². The molecule has 0 bridgehead atoms. The van der Waals surface area contributed by atoms with Crippen LogP contribution in [0.4, 0.5) is 17.1 Å². The van der Waals surface area contributed by atoms with Crippen molar-refractivity contribution in [3.8, 4) is 6.07 Å². The Hall–Kier alpha value is -3.41. The number of benzene rings is 2. The molecule has 0 atom stereocenters. The SMILES string of the molecule is N#Cc1ccc(NCC(=O)Nc2ccc(NC(=O)CN3CCOCC3)cc2)cc1. The standard InChI is InChI=1S/C21H23N5O3/c22-13-16-1-3-17(4-2-16)23-14-20(27)24-18-5-7-19(8-6-18)25-21(28)15-26-9-11-29-12-10-26/h1-8,23H,9-12,14-15H2,(H,24,27)(H,25,28). The first-order valence-corrected chi connectivity index (χ1v) is 9.36. The van der Waals surface area contributed by atoms with Crippen molar-refractivity contribution in [2.24, 2.45) is 0 Å². The second-order valence-corrected chi connectivity index (χ2v) is 6.60. The molecule has 0 spiro atoms. The van der Waals surface area contributed by atoms with Gasteiger partial charge in [0.2, 0.25) is 11.8 Å². The number of nitrogens with one attached hydrogen (secondary N) is 3. The maximum atomic E-state index is 12.1. The number of carbonyl (C=O) groups is 2. The molecule has 2 aromatic rings. The van der Waals surface area contributed by atoms with Crippen molar-refractivity contribution in [3.63, 3.8) is 0 Å². The molecule has 150 valence electrons. The van der Waals surface area contributed by atoms with Crippen molar-refractivity contribution in [3.05, 3.63) is 54.1 Å². The Morgan fingerprint density at radius 1 is 0.897 bits per heavy atom. The Balaban J connectivity index is 1.42. The maximum absolute atomic E-state index is 12.1. The van der Waals surface area contributed by atoms with E-state index in [1.165, 1.54) is 0 Å². The highest BCUT2D eigenvalue weighted by Gasteiger charge is 2.14. The van der Waals surface area contributed by atoms with Gasteiger partial charge in [0.05, 0.1) is 37.9 Å². The minimum absolute atomic E-state index is 0.0738. The highest BCUT2D eigenvalue weighted by atomic mass is 16.5. The average molecular weight is 393 g/mol. The number of rotatable bonds is 7. The highest BCUT2D eigenvalue weighted by Crippen LogP contribution is 2.14. The van der Waals surface area contributed by atoms with Crippen LogP contribution in [0.3, 0.4) is 0 Å². The molecule has 2 amide bonds. The molecule has 1 fully saturated rings. The number of carbonyl (C=O) groups excluding carboxylic acids is 2. The number of ether oxygens (including phenoxy) is 1. The summed E-state index contributed by atoms with van der Waals surface area (Å²) in [7, 11) is 0. The van der Waals surface area contributed by atoms with Gasteiger partial charge in [0.15, 0.2) is 0 Å². The quantitative estimate of drug-likeness (QED) is 0.663. The third-order valence-electron chi connectivity index (χ3n) is 4.39. The van der Waals surface area contributed by atoms with E-state index < -0.39 is 0 Å². The highest BCUT2D eigenvalue weighted by molar-refractivity contribution is 5.95. The molecule has 3 rings (SSSR count). The van der Waals surface area contributed by atoms with E-state index >= 15 is 0 Å². The van der Waals surface area contributed by atoms with Crippen LogP contribution in [0.2, 0.25) is 0 Å². The summed E-state index contributed by atoms with van der Waals surface area (Å²) < 4.78 is 5.27. The van der Waals surface area contributed by atoms with Crippen LogP contribution < -0.4 is 16.0 Å². The number of nitrogens with zero attached hydrogens (tertiary/aromatic N) is 2. The van der Waals surface area contributed by atoms with Crippen LogP contribution in [-0.4, -0.2) is 56.1 Å². The Morgan fingerprint density at radius 2 is 1.45 bits per heavy atom. The predicted molar refractivity (Wildman–Crippen MR) is 111 cm³/mol. The van der Waals surface area contributed by atoms with Crippen LogP contribution in [0, 0.1) is 11.3 Å². The number of morpholine rings is 1. The van der Waals surface area contributed by atoms with Crippen LogP contribution in [0.15, 0.2) is 48.5 Å². The van der Waals surface area contributed by atoms with Crippen LogP contribution in [-0.2, 0) is 14.3 Å². The number of hydrogen-bond acceptors (Lipinski definition) is 6. The van der Waals surface area contributed by atoms with Crippen LogP contribution in [0.5, 0.6) is 0 Å². The molecule has 3 N–H and O–H groups in total. The molecule has 0 aromatic heterocycles. The lowest BCUT2D eigenvalue weighted by Gasteiger charge is -2.25. The number of amides is 2. The molecule has 8 heteroatoms. The molecule has 2 aromatic carbocycles. The molecule has 1 aliphatic rings. The zero-order chi connectivity index (χ0) is 20.5. The van der Waals surface area contributed by atoms with Gasteiger partial charge in [-0.05, 0) is 48.5 Å². The van der Waals surface area contributed by atoms with E-state index in [1.54, 1.807) is 48.5 Å². The fraction of sp³-hybridized carbons (Fsp3) is 0.286. The number of hydrogen-bond donors (Lipinski definition) is 3. The molecule has 0 aliphatic carbocycles. The summed E-state index contributed by atoms with van der Waals surface area (Å²) in [6.07, 6.45) is 0. The first-order chi connectivity index (χ1) is 14.1. The lowest BCUT2D eigenvalue weighted by atomic mass is 10.2. The van der Waals surface area contributed by atoms with Crippen molar-refractivity contribution in [1.82, 2.24) is 4.90 Å². The van der Waals surface area contributed by atoms with Crippen molar-refractivity contribution < 1.29 is 14.3 Å². The molecule has 8 nitrogen and oxygen atoms in total. The number of anilines is 3. The minimum atomic E-state index is -0.196. The van der Waals surface area contributed by atoms with Crippen molar-refractivity contribution in [1.29, 1.82) is 5.26 Å². The monoisotopic (exact) mass is 393 g/mol. The minimum Gasteiger partial charge on any atom is -0.379 e. The normalized spacial score (nSPS) is 13.9. The predicted octanol–water partition coefficient (Wildman–Crippen LogP) is 1.88. The zero-order valence-corrected chi connectivity index (χ0v) is 16.0. The average Bonchev–Trinajstić information content (AvgIpc) is 2.75. The topological polar surface area (TPSA) is 106 Å². The summed E-state index contributed by atoms with van der Waals surface area (Å²) in [5.74, 6) is -0.270. The molecule has 1 saturated heterocycles. The summed E-state index contributed by atoms with van der Waals surface area (Å²) in [5, 5.41) is 17.4. The molecule has 0 saturated carbocycles. The van der Waals surface area contributed by atoms with Crippen LogP contribution in [0.1, 0.15) is 5.56 Å². The van der Waals surface area contributed by atoms with Gasteiger partial charge in [0.25, 0.3) is 0 Å². The molecule has 29 heavy (non-hydrogen) atoms. The number of nitriles is 1. The Kier molecular flexibility index (Phi) is 7.16. The fourth-order valence-corrected chi connectivity index (χ4v) is 2.85. The second kappa shape index (κ2) is 10.2. The van der Waals surface area contributed by atoms with Gasteiger partial charge in [-0.15, -0.1) is 0 Å². The van der Waals surface area contributed by atoms with Crippen LogP contribution in [0.25, 0.3) is 0 Å². The molecule has 1 heterocycles. The van der Waals surface area contributed by atoms with E-state index in [1.807, 2.05) is 11.0 Å². The van der Waals surface area contributed by atoms with Crippen molar-refractivity contribution in [2.45, 2.75) is 0 Å². The first kappa shape index (κ1) is 20.3. The van der Waals surface area contributed by atoms with Gasteiger partial charge in [-0.3, -0.25) is 14.5 Å². The molecule has 1 aliphatic heterocycles. The molecule has 0 radical (unpaired) electrons. The summed E-state index contributed by atoms with van der Waals surface area (Å²) in [6, 6.07) is 15.9. The lowest BCUT2D eigenvalue weighted by molar-refractivity contribution is -0.118. The van der Waals surface area contributed by atoms with Crippen molar-refractivity contribution in [2.75, 3.05) is 55.3 Å². The Bertz CT molecular complexity index is 869. The second-order valence-electron chi connectivity index (χ2n) is 6.60. The van der Waals surface area contributed by atoms with E-state index in [-0.39, 0.29) is 18.4 Å². The van der Waals surface area contributed by atoms with Gasteiger partial charge >= 0.3 is 0 Å². The third kappa shape index (κ3) is 6.60. The van der Waals surface area contributed by atoms with Gasteiger partial charge in [0, 0.05) is 30.2 Å². The summed E-state index contributed by atoms with van der Waals surface area (Å²) >= 11 is 0. The Morgan fingerprint density at radius 3 is 2.03 bits per heavy atom. The van der Waals surface area contributed by atoms with Gasteiger partial charge in [-0.2, -0.15) is 5.26 Å². The zero-order valence-electron chi connectivity index (χ0n) is 16.0. The van der Waals surface area contributed by atoms with Gasteiger partial charge in [-0.25, -0.2) is 0 Å². The summed E-state index contributed by atoms with van der Waals surface area (Å²) in [5.41, 5.74) is 2.65. The van der Waals surface area contributed by atoms with Crippen LogP contribution >= 0.6 is 0 Å². The van der Waals surface area contributed by atoms with E-state index in [0.29, 0.717) is 36.7 Å². The summed E-state index contributed by atoms with van der Waals surface area (Å²) in [4.78, 5) is 26.2. The summed E-state index contributed by atoms with van der Waals surface area (Å²) in [6.45, 7) is 3.26. The van der Waals surface area contributed by atoms with E-state index in [2.05, 4.69) is 16.0 Å². The fourth-order valence-electron chi connectivity index (χ4n) is 2.85. The smallest absolute Gasteiger partial charge is 0.243 e. The largest absolute Gasteiger partial charge is 0.379 e. The molecular formula is C21H23N5O3. The third-order valence-corrected chi connectivity index (χ3v) is 4.39. The first-order valence-electron chi connectivity index (χ1n) is 9.36. The molecular weight excluding hydrogens is 370 g/mol.